The van der Waals surface area contributed by atoms with Crippen molar-refractivity contribution in [2.24, 2.45) is 0 Å². The molecule has 5 heteroatoms. The third kappa shape index (κ3) is 6.90. The van der Waals surface area contributed by atoms with Crippen molar-refractivity contribution in [3.63, 3.8) is 0 Å². The van der Waals surface area contributed by atoms with Gasteiger partial charge in [-0.25, -0.2) is 4.79 Å². The number of carbonyl (C=O) groups excluding carboxylic acids is 1. The van der Waals surface area contributed by atoms with Gasteiger partial charge >= 0.3 is 5.97 Å². The van der Waals surface area contributed by atoms with Crippen molar-refractivity contribution in [2.75, 3.05) is 13.6 Å². The van der Waals surface area contributed by atoms with Crippen molar-refractivity contribution < 1.29 is 14.7 Å². The van der Waals surface area contributed by atoms with E-state index in [-0.39, 0.29) is 5.91 Å². The third-order valence-electron chi connectivity index (χ3n) is 2.04. The summed E-state index contributed by atoms with van der Waals surface area (Å²) in [6.45, 7) is 2.65. The van der Waals surface area contributed by atoms with Crippen molar-refractivity contribution in [1.82, 2.24) is 10.6 Å². The Hall–Kier alpha value is -1.10. The summed E-state index contributed by atoms with van der Waals surface area (Å²) in [7, 11) is 1.81. The molecule has 0 aliphatic carbocycles. The van der Waals surface area contributed by atoms with Gasteiger partial charge in [0.1, 0.15) is 6.04 Å². The molecule has 0 aromatic carbocycles. The van der Waals surface area contributed by atoms with Crippen molar-refractivity contribution in [2.45, 2.75) is 38.6 Å². The molecule has 0 aromatic heterocycles. The van der Waals surface area contributed by atoms with Crippen LogP contribution in [0.2, 0.25) is 0 Å². The first-order valence-electron chi connectivity index (χ1n) is 5.28. The Bertz CT molecular complexity index is 207. The fourth-order valence-electron chi connectivity index (χ4n) is 1.24. The number of rotatable bonds is 8. The number of carboxylic acids is 1. The molecule has 0 saturated carbocycles. The van der Waals surface area contributed by atoms with Gasteiger partial charge in [0.05, 0.1) is 0 Å². The van der Waals surface area contributed by atoms with E-state index in [4.69, 9.17) is 5.11 Å². The zero-order valence-corrected chi connectivity index (χ0v) is 9.38. The van der Waals surface area contributed by atoms with Crippen LogP contribution in [-0.2, 0) is 9.59 Å². The summed E-state index contributed by atoms with van der Waals surface area (Å²) in [5.41, 5.74) is 0. The molecule has 1 atom stereocenters. The SMILES string of the molecule is CCCC(NC(=O)CCCNC)C(=O)O. The smallest absolute Gasteiger partial charge is 0.326 e. The fourth-order valence-corrected chi connectivity index (χ4v) is 1.24. The number of nitrogens with one attached hydrogen (secondary N) is 2. The van der Waals surface area contributed by atoms with Crippen LogP contribution in [0.1, 0.15) is 32.6 Å². The molecular formula is C10H20N2O3. The molecule has 88 valence electrons. The van der Waals surface area contributed by atoms with Crippen molar-refractivity contribution >= 4 is 11.9 Å². The first-order chi connectivity index (χ1) is 7.11. The second-order valence-corrected chi connectivity index (χ2v) is 3.45. The summed E-state index contributed by atoms with van der Waals surface area (Å²) in [4.78, 5) is 22.0. The molecule has 0 radical (unpaired) electrons. The van der Waals surface area contributed by atoms with Crippen LogP contribution >= 0.6 is 0 Å². The van der Waals surface area contributed by atoms with E-state index in [0.717, 1.165) is 19.4 Å². The zero-order chi connectivity index (χ0) is 11.7. The Kier molecular flexibility index (Phi) is 7.62. The highest BCUT2D eigenvalue weighted by atomic mass is 16.4. The molecule has 0 fully saturated rings. The lowest BCUT2D eigenvalue weighted by molar-refractivity contribution is -0.142. The molecule has 3 N–H and O–H groups in total. The quantitative estimate of drug-likeness (QED) is 0.512. The molecule has 5 nitrogen and oxygen atoms in total. The average Bonchev–Trinajstić information content (AvgIpc) is 2.17. The first-order valence-corrected chi connectivity index (χ1v) is 5.28. The van der Waals surface area contributed by atoms with E-state index in [1.54, 1.807) is 0 Å². The Morgan fingerprint density at radius 2 is 2.07 bits per heavy atom. The van der Waals surface area contributed by atoms with Crippen LogP contribution in [0.3, 0.4) is 0 Å². The lowest BCUT2D eigenvalue weighted by Crippen LogP contribution is -2.40. The summed E-state index contributed by atoms with van der Waals surface area (Å²) >= 11 is 0. The van der Waals surface area contributed by atoms with Gasteiger partial charge in [0, 0.05) is 6.42 Å². The van der Waals surface area contributed by atoms with Gasteiger partial charge in [-0.1, -0.05) is 13.3 Å². The largest absolute Gasteiger partial charge is 0.480 e. The summed E-state index contributed by atoms with van der Waals surface area (Å²) in [5.74, 6) is -1.15. The molecule has 1 amide bonds. The Labute approximate surface area is 90.2 Å². The van der Waals surface area contributed by atoms with Gasteiger partial charge in [0.2, 0.25) is 5.91 Å². The molecule has 0 aliphatic heterocycles. The maximum absolute atomic E-state index is 11.3. The third-order valence-corrected chi connectivity index (χ3v) is 2.04. The highest BCUT2D eigenvalue weighted by Gasteiger charge is 2.17. The minimum absolute atomic E-state index is 0.189. The number of carbonyl (C=O) groups is 2. The predicted molar refractivity (Wildman–Crippen MR) is 57.6 cm³/mol. The van der Waals surface area contributed by atoms with Gasteiger partial charge < -0.3 is 15.7 Å². The van der Waals surface area contributed by atoms with Crippen molar-refractivity contribution in [3.8, 4) is 0 Å². The molecule has 0 bridgehead atoms. The number of hydrogen-bond acceptors (Lipinski definition) is 3. The van der Waals surface area contributed by atoms with Gasteiger partial charge in [0.15, 0.2) is 0 Å². The lowest BCUT2D eigenvalue weighted by Gasteiger charge is -2.13. The molecule has 0 saturated heterocycles. The monoisotopic (exact) mass is 216 g/mol. The zero-order valence-electron chi connectivity index (χ0n) is 9.38. The van der Waals surface area contributed by atoms with Crippen molar-refractivity contribution in [1.29, 1.82) is 0 Å². The normalized spacial score (nSPS) is 12.1. The molecular weight excluding hydrogens is 196 g/mol. The summed E-state index contributed by atoms with van der Waals surface area (Å²) in [6, 6.07) is -0.739. The Balaban J connectivity index is 3.84. The summed E-state index contributed by atoms with van der Waals surface area (Å²) in [5, 5.41) is 14.2. The van der Waals surface area contributed by atoms with Crippen LogP contribution in [-0.4, -0.2) is 36.6 Å². The highest BCUT2D eigenvalue weighted by molar-refractivity contribution is 5.83. The molecule has 0 rings (SSSR count). The molecule has 0 spiro atoms. The summed E-state index contributed by atoms with van der Waals surface area (Å²) in [6.07, 6.45) is 2.32. The van der Waals surface area contributed by atoms with Crippen LogP contribution in [0.5, 0.6) is 0 Å². The maximum atomic E-state index is 11.3. The number of carboxylic acid groups (broad SMARTS) is 1. The van der Waals surface area contributed by atoms with Gasteiger partial charge in [-0.3, -0.25) is 4.79 Å². The number of hydrogen-bond donors (Lipinski definition) is 3. The number of aliphatic carboxylic acids is 1. The van der Waals surface area contributed by atoms with Gasteiger partial charge in [0.25, 0.3) is 0 Å². The second-order valence-electron chi connectivity index (χ2n) is 3.45. The van der Waals surface area contributed by atoms with Gasteiger partial charge in [-0.2, -0.15) is 0 Å². The standard InChI is InChI=1S/C10H20N2O3/c1-3-5-8(10(14)15)12-9(13)6-4-7-11-2/h8,11H,3-7H2,1-2H3,(H,12,13)(H,14,15). The minimum atomic E-state index is -0.959. The highest BCUT2D eigenvalue weighted by Crippen LogP contribution is 1.98. The Morgan fingerprint density at radius 1 is 1.40 bits per heavy atom. The van der Waals surface area contributed by atoms with E-state index in [9.17, 15) is 9.59 Å². The average molecular weight is 216 g/mol. The van der Waals surface area contributed by atoms with E-state index >= 15 is 0 Å². The maximum Gasteiger partial charge on any atom is 0.326 e. The van der Waals surface area contributed by atoms with E-state index in [2.05, 4.69) is 10.6 Å². The fraction of sp³-hybridized carbons (Fsp3) is 0.800. The van der Waals surface area contributed by atoms with Crippen LogP contribution < -0.4 is 10.6 Å². The minimum Gasteiger partial charge on any atom is -0.480 e. The van der Waals surface area contributed by atoms with Crippen LogP contribution in [0.25, 0.3) is 0 Å². The lowest BCUT2D eigenvalue weighted by atomic mass is 10.1. The van der Waals surface area contributed by atoms with Gasteiger partial charge in [-0.15, -0.1) is 0 Å². The van der Waals surface area contributed by atoms with Crippen LogP contribution in [0.15, 0.2) is 0 Å². The van der Waals surface area contributed by atoms with E-state index in [1.807, 2.05) is 14.0 Å². The van der Waals surface area contributed by atoms with E-state index < -0.39 is 12.0 Å². The van der Waals surface area contributed by atoms with E-state index in [0.29, 0.717) is 12.8 Å². The second kappa shape index (κ2) is 8.23. The molecule has 0 aliphatic rings. The summed E-state index contributed by atoms with van der Waals surface area (Å²) < 4.78 is 0. The molecule has 15 heavy (non-hydrogen) atoms. The number of amides is 1. The van der Waals surface area contributed by atoms with Gasteiger partial charge in [-0.05, 0) is 26.4 Å². The van der Waals surface area contributed by atoms with Crippen LogP contribution in [0.4, 0.5) is 0 Å². The van der Waals surface area contributed by atoms with Crippen LogP contribution in [0, 0.1) is 0 Å². The first kappa shape index (κ1) is 13.9. The molecule has 0 heterocycles. The predicted octanol–water partition coefficient (Wildman–Crippen LogP) is 0.356. The topological polar surface area (TPSA) is 78.4 Å². The molecule has 0 aromatic rings. The molecule has 1 unspecified atom stereocenters. The van der Waals surface area contributed by atoms with Crippen molar-refractivity contribution in [3.05, 3.63) is 0 Å². The van der Waals surface area contributed by atoms with E-state index in [1.165, 1.54) is 0 Å². The Morgan fingerprint density at radius 3 is 2.53 bits per heavy atom.